The fraction of sp³-hybridized carbons (Fsp3) is 0.636. The Bertz CT molecular complexity index is 701. The van der Waals surface area contributed by atoms with E-state index < -0.39 is 11.6 Å². The zero-order valence-electron chi connectivity index (χ0n) is 17.1. The third kappa shape index (κ3) is 5.96. The van der Waals surface area contributed by atoms with Gasteiger partial charge < -0.3 is 20.1 Å². The van der Waals surface area contributed by atoms with Gasteiger partial charge in [-0.25, -0.2) is 9.59 Å². The average Bonchev–Trinajstić information content (AvgIpc) is 3.43. The largest absolute Gasteiger partial charge is 0.478 e. The maximum absolute atomic E-state index is 12.9. The van der Waals surface area contributed by atoms with E-state index in [0.717, 1.165) is 31.2 Å². The van der Waals surface area contributed by atoms with E-state index in [1.807, 2.05) is 26.8 Å². The normalized spacial score (nSPS) is 22.5. The van der Waals surface area contributed by atoms with Crippen molar-refractivity contribution in [1.82, 2.24) is 10.2 Å². The number of aromatic carboxylic acids is 1. The molecule has 2 aliphatic rings. The van der Waals surface area contributed by atoms with Gasteiger partial charge in [-0.15, -0.1) is 0 Å². The molecule has 0 radical (unpaired) electrons. The molecule has 2 N–H and O–H groups in total. The molecule has 0 unspecified atom stereocenters. The number of nitrogens with zero attached hydrogens (tertiary/aromatic N) is 1. The Balaban J connectivity index is 1.70. The Morgan fingerprint density at radius 2 is 1.71 bits per heavy atom. The van der Waals surface area contributed by atoms with Gasteiger partial charge in [-0.1, -0.05) is 12.1 Å². The molecule has 3 rings (SSSR count). The number of rotatable bonds is 6. The SMILES string of the molecule is CC(C)(C)OC(=O)N(Cc1cccc(C(=O)O)c1)C1CCC(NC2CC2)CC1. The third-order valence-electron chi connectivity index (χ3n) is 5.34. The van der Waals surface area contributed by atoms with Crippen LogP contribution in [-0.2, 0) is 11.3 Å². The second-order valence-corrected chi connectivity index (χ2v) is 9.06. The molecule has 2 aliphatic carbocycles. The first-order chi connectivity index (χ1) is 13.2. The van der Waals surface area contributed by atoms with Crippen LogP contribution in [0.15, 0.2) is 24.3 Å². The molecule has 2 fully saturated rings. The van der Waals surface area contributed by atoms with E-state index in [2.05, 4.69) is 5.32 Å². The van der Waals surface area contributed by atoms with Gasteiger partial charge in [0, 0.05) is 24.7 Å². The summed E-state index contributed by atoms with van der Waals surface area (Å²) in [5.41, 5.74) is 0.478. The smallest absolute Gasteiger partial charge is 0.410 e. The van der Waals surface area contributed by atoms with Crippen LogP contribution in [0.5, 0.6) is 0 Å². The molecule has 2 saturated carbocycles. The van der Waals surface area contributed by atoms with Crippen molar-refractivity contribution in [3.63, 3.8) is 0 Å². The molecule has 6 nitrogen and oxygen atoms in total. The minimum absolute atomic E-state index is 0.112. The first-order valence-corrected chi connectivity index (χ1v) is 10.3. The summed E-state index contributed by atoms with van der Waals surface area (Å²) in [6, 6.07) is 8.15. The molecule has 0 heterocycles. The Hall–Kier alpha value is -2.08. The summed E-state index contributed by atoms with van der Waals surface area (Å²) in [6.45, 7) is 5.96. The fourth-order valence-corrected chi connectivity index (χ4v) is 3.80. The lowest BCUT2D eigenvalue weighted by molar-refractivity contribution is 0.00878. The number of hydrogen-bond donors (Lipinski definition) is 2. The van der Waals surface area contributed by atoms with Crippen LogP contribution in [0.2, 0.25) is 0 Å². The van der Waals surface area contributed by atoms with E-state index in [9.17, 15) is 14.7 Å². The summed E-state index contributed by atoms with van der Waals surface area (Å²) in [5, 5.41) is 12.9. The molecular formula is C22H32N2O4. The van der Waals surface area contributed by atoms with Gasteiger partial charge in [-0.2, -0.15) is 0 Å². The predicted molar refractivity (Wildman–Crippen MR) is 107 cm³/mol. The molecule has 0 bridgehead atoms. The van der Waals surface area contributed by atoms with Gasteiger partial charge in [0.1, 0.15) is 5.60 Å². The molecule has 0 aromatic heterocycles. The van der Waals surface area contributed by atoms with Gasteiger partial charge in [0.25, 0.3) is 0 Å². The highest BCUT2D eigenvalue weighted by Gasteiger charge is 2.33. The van der Waals surface area contributed by atoms with Crippen LogP contribution < -0.4 is 5.32 Å². The molecule has 0 spiro atoms. The maximum Gasteiger partial charge on any atom is 0.410 e. The Kier molecular flexibility index (Phi) is 6.28. The zero-order valence-corrected chi connectivity index (χ0v) is 17.1. The van der Waals surface area contributed by atoms with E-state index in [4.69, 9.17) is 4.74 Å². The van der Waals surface area contributed by atoms with Crippen molar-refractivity contribution in [1.29, 1.82) is 0 Å². The van der Waals surface area contributed by atoms with E-state index in [1.165, 1.54) is 12.8 Å². The quantitative estimate of drug-likeness (QED) is 0.764. The standard InChI is InChI=1S/C22H32N2O4/c1-22(2,3)28-21(27)24(14-15-5-4-6-16(13-15)20(25)26)19-11-9-18(10-12-19)23-17-7-8-17/h4-6,13,17-19,23H,7-12,14H2,1-3H3,(H,25,26). The number of ether oxygens (including phenoxy) is 1. The Morgan fingerprint density at radius 1 is 1.11 bits per heavy atom. The van der Waals surface area contributed by atoms with Crippen molar-refractivity contribution in [2.45, 2.75) is 89.6 Å². The van der Waals surface area contributed by atoms with Crippen LogP contribution in [0.1, 0.15) is 75.2 Å². The van der Waals surface area contributed by atoms with E-state index in [1.54, 1.807) is 23.1 Å². The molecule has 1 aromatic carbocycles. The number of benzene rings is 1. The molecule has 1 aromatic rings. The highest BCUT2D eigenvalue weighted by molar-refractivity contribution is 5.87. The molecule has 154 valence electrons. The van der Waals surface area contributed by atoms with E-state index >= 15 is 0 Å². The minimum Gasteiger partial charge on any atom is -0.478 e. The monoisotopic (exact) mass is 388 g/mol. The van der Waals surface area contributed by atoms with Crippen LogP contribution in [-0.4, -0.2) is 45.8 Å². The van der Waals surface area contributed by atoms with Gasteiger partial charge in [0.05, 0.1) is 5.56 Å². The van der Waals surface area contributed by atoms with Crippen LogP contribution in [0, 0.1) is 0 Å². The fourth-order valence-electron chi connectivity index (χ4n) is 3.80. The number of nitrogens with one attached hydrogen (secondary N) is 1. The predicted octanol–water partition coefficient (Wildman–Crippen LogP) is 4.19. The highest BCUT2D eigenvalue weighted by atomic mass is 16.6. The van der Waals surface area contributed by atoms with E-state index in [0.29, 0.717) is 18.6 Å². The summed E-state index contributed by atoms with van der Waals surface area (Å²) in [7, 11) is 0. The van der Waals surface area contributed by atoms with Gasteiger partial charge in [0.2, 0.25) is 0 Å². The molecule has 0 atom stereocenters. The number of amides is 1. The van der Waals surface area contributed by atoms with Crippen LogP contribution >= 0.6 is 0 Å². The lowest BCUT2D eigenvalue weighted by Crippen LogP contribution is -2.46. The summed E-state index contributed by atoms with van der Waals surface area (Å²) >= 11 is 0. The van der Waals surface area contributed by atoms with Crippen LogP contribution in [0.4, 0.5) is 4.79 Å². The van der Waals surface area contributed by atoms with Gasteiger partial charge in [-0.3, -0.25) is 0 Å². The van der Waals surface area contributed by atoms with Gasteiger partial charge in [-0.05, 0) is 77.0 Å². The lowest BCUT2D eigenvalue weighted by Gasteiger charge is -2.38. The molecule has 0 saturated heterocycles. The molecule has 1 amide bonds. The van der Waals surface area contributed by atoms with Crippen molar-refractivity contribution in [2.24, 2.45) is 0 Å². The third-order valence-corrected chi connectivity index (χ3v) is 5.34. The van der Waals surface area contributed by atoms with Crippen LogP contribution in [0.3, 0.4) is 0 Å². The minimum atomic E-state index is -0.961. The topological polar surface area (TPSA) is 78.9 Å². The van der Waals surface area contributed by atoms with Crippen molar-refractivity contribution < 1.29 is 19.4 Å². The number of carbonyl (C=O) groups excluding carboxylic acids is 1. The van der Waals surface area contributed by atoms with Gasteiger partial charge >= 0.3 is 12.1 Å². The van der Waals surface area contributed by atoms with Crippen molar-refractivity contribution in [2.75, 3.05) is 0 Å². The maximum atomic E-state index is 12.9. The van der Waals surface area contributed by atoms with Crippen molar-refractivity contribution in [3.8, 4) is 0 Å². The number of carboxylic acid groups (broad SMARTS) is 1. The summed E-state index contributed by atoms with van der Waals surface area (Å²) in [4.78, 5) is 26.0. The molecule has 28 heavy (non-hydrogen) atoms. The molecule has 0 aliphatic heterocycles. The number of carbonyl (C=O) groups is 2. The zero-order chi connectivity index (χ0) is 20.3. The van der Waals surface area contributed by atoms with Crippen molar-refractivity contribution >= 4 is 12.1 Å². The number of carboxylic acids is 1. The number of hydrogen-bond acceptors (Lipinski definition) is 4. The summed E-state index contributed by atoms with van der Waals surface area (Å²) in [6.07, 6.45) is 6.20. The summed E-state index contributed by atoms with van der Waals surface area (Å²) in [5.74, 6) is -0.961. The van der Waals surface area contributed by atoms with Crippen molar-refractivity contribution in [3.05, 3.63) is 35.4 Å². The first-order valence-electron chi connectivity index (χ1n) is 10.3. The molecule has 6 heteroatoms. The Labute approximate surface area is 167 Å². The van der Waals surface area contributed by atoms with Gasteiger partial charge in [0.15, 0.2) is 0 Å². The lowest BCUT2D eigenvalue weighted by atomic mass is 9.90. The van der Waals surface area contributed by atoms with E-state index in [-0.39, 0.29) is 17.7 Å². The highest BCUT2D eigenvalue weighted by Crippen LogP contribution is 2.29. The molecular weight excluding hydrogens is 356 g/mol. The summed E-state index contributed by atoms with van der Waals surface area (Å²) < 4.78 is 5.66. The van der Waals surface area contributed by atoms with Crippen LogP contribution in [0.25, 0.3) is 0 Å². The second-order valence-electron chi connectivity index (χ2n) is 9.06. The first kappa shape index (κ1) is 20.6. The average molecular weight is 389 g/mol. The second kappa shape index (κ2) is 8.52. The Morgan fingerprint density at radius 3 is 2.25 bits per heavy atom.